The van der Waals surface area contributed by atoms with Crippen molar-refractivity contribution in [3.63, 3.8) is 0 Å². The number of piperidine rings is 2. The van der Waals surface area contributed by atoms with Crippen molar-refractivity contribution >= 4 is 17.7 Å². The molecule has 2 fully saturated rings. The van der Waals surface area contributed by atoms with Crippen LogP contribution in [0, 0.1) is 5.92 Å². The van der Waals surface area contributed by atoms with Gasteiger partial charge in [-0.05, 0) is 76.7 Å². The van der Waals surface area contributed by atoms with Crippen molar-refractivity contribution in [3.05, 3.63) is 30.1 Å². The van der Waals surface area contributed by atoms with E-state index >= 15 is 0 Å². The van der Waals surface area contributed by atoms with E-state index in [1.54, 1.807) is 6.20 Å². The predicted molar refractivity (Wildman–Crippen MR) is 113 cm³/mol. The number of carbonyl (C=O) groups is 1. The lowest BCUT2D eigenvalue weighted by Crippen LogP contribution is -2.50. The lowest BCUT2D eigenvalue weighted by atomic mass is 9.92. The molecule has 0 aromatic carbocycles. The first-order valence-corrected chi connectivity index (χ1v) is 11.7. The fraction of sp³-hybridized carbons (Fsp3) is 0.714. The van der Waals surface area contributed by atoms with Gasteiger partial charge in [-0.1, -0.05) is 6.07 Å². The Hall–Kier alpha value is -1.11. The maximum Gasteiger partial charge on any atom is 0.223 e. The number of hydrogen-bond donors (Lipinski definition) is 1. The fourth-order valence-electron chi connectivity index (χ4n) is 4.40. The van der Waals surface area contributed by atoms with Gasteiger partial charge in [-0.15, -0.1) is 0 Å². The number of likely N-dealkylation sites (tertiary alicyclic amines) is 2. The van der Waals surface area contributed by atoms with Crippen LogP contribution in [0.15, 0.2) is 24.5 Å². The zero-order chi connectivity index (χ0) is 19.1. The van der Waals surface area contributed by atoms with E-state index in [9.17, 15) is 4.79 Å². The summed E-state index contributed by atoms with van der Waals surface area (Å²) in [5.41, 5.74) is 1.06. The van der Waals surface area contributed by atoms with Crippen LogP contribution < -0.4 is 5.32 Å². The number of aromatic nitrogens is 1. The van der Waals surface area contributed by atoms with Crippen LogP contribution in [0.25, 0.3) is 0 Å². The summed E-state index contributed by atoms with van der Waals surface area (Å²) < 4.78 is 0. The summed E-state index contributed by atoms with van der Waals surface area (Å²) in [7, 11) is 0. The van der Waals surface area contributed by atoms with Crippen molar-refractivity contribution in [2.45, 2.75) is 51.2 Å². The standard InChI is InChI=1S/C21H34N4OS/c1-17(16-27-2)24-12-7-20(8-13-24)25-10-5-19(6-11-25)21(26)23-15-18-4-3-9-22-14-18/h3-4,9,14,17,19-20H,5-8,10-13,15-16H2,1-2H3,(H,23,26)/t17-/m1/s1. The molecular weight excluding hydrogens is 356 g/mol. The number of nitrogens with one attached hydrogen (secondary N) is 1. The minimum Gasteiger partial charge on any atom is -0.352 e. The first kappa shape index (κ1) is 20.6. The predicted octanol–water partition coefficient (Wildman–Crippen LogP) is 2.63. The molecule has 1 aromatic rings. The molecule has 3 rings (SSSR count). The number of rotatable bonds is 7. The van der Waals surface area contributed by atoms with E-state index in [1.165, 1.54) is 31.7 Å². The molecule has 1 amide bonds. The summed E-state index contributed by atoms with van der Waals surface area (Å²) in [6.07, 6.45) is 10.3. The van der Waals surface area contributed by atoms with Gasteiger partial charge in [0.15, 0.2) is 0 Å². The third-order valence-corrected chi connectivity index (χ3v) is 6.95. The highest BCUT2D eigenvalue weighted by Gasteiger charge is 2.31. The van der Waals surface area contributed by atoms with Crippen LogP contribution in [-0.4, -0.2) is 71.0 Å². The largest absolute Gasteiger partial charge is 0.352 e. The van der Waals surface area contributed by atoms with Crippen LogP contribution in [0.4, 0.5) is 0 Å². The van der Waals surface area contributed by atoms with Gasteiger partial charge in [0, 0.05) is 42.7 Å². The van der Waals surface area contributed by atoms with E-state index in [1.807, 2.05) is 30.1 Å². The molecule has 27 heavy (non-hydrogen) atoms. The Morgan fingerprint density at radius 1 is 1.26 bits per heavy atom. The molecule has 0 bridgehead atoms. The van der Waals surface area contributed by atoms with Crippen molar-refractivity contribution < 1.29 is 4.79 Å². The topological polar surface area (TPSA) is 48.5 Å². The van der Waals surface area contributed by atoms with Crippen LogP contribution in [0.2, 0.25) is 0 Å². The highest BCUT2D eigenvalue weighted by Crippen LogP contribution is 2.25. The maximum absolute atomic E-state index is 12.5. The van der Waals surface area contributed by atoms with Gasteiger partial charge in [0.1, 0.15) is 0 Å². The van der Waals surface area contributed by atoms with Gasteiger partial charge in [-0.3, -0.25) is 14.7 Å². The van der Waals surface area contributed by atoms with E-state index < -0.39 is 0 Å². The quantitative estimate of drug-likeness (QED) is 0.776. The number of pyridine rings is 1. The molecule has 2 saturated heterocycles. The van der Waals surface area contributed by atoms with Crippen LogP contribution in [0.1, 0.15) is 38.2 Å². The average Bonchev–Trinajstić information content (AvgIpc) is 2.73. The summed E-state index contributed by atoms with van der Waals surface area (Å²) in [6.45, 7) is 7.51. The Morgan fingerprint density at radius 3 is 2.63 bits per heavy atom. The molecule has 2 aliphatic rings. The Balaban J connectivity index is 1.37. The third kappa shape index (κ3) is 5.93. The highest BCUT2D eigenvalue weighted by molar-refractivity contribution is 7.98. The minimum atomic E-state index is 0.166. The molecule has 0 radical (unpaired) electrons. The van der Waals surface area contributed by atoms with E-state index in [0.717, 1.165) is 31.5 Å². The number of hydrogen-bond acceptors (Lipinski definition) is 5. The first-order valence-electron chi connectivity index (χ1n) is 10.3. The van der Waals surface area contributed by atoms with Crippen LogP contribution >= 0.6 is 11.8 Å². The Bertz CT molecular complexity index is 569. The van der Waals surface area contributed by atoms with Gasteiger partial charge in [0.2, 0.25) is 5.91 Å². The van der Waals surface area contributed by atoms with Gasteiger partial charge in [-0.2, -0.15) is 11.8 Å². The summed E-state index contributed by atoms with van der Waals surface area (Å²) in [4.78, 5) is 21.9. The second-order valence-corrected chi connectivity index (χ2v) is 8.87. The lowest BCUT2D eigenvalue weighted by molar-refractivity contribution is -0.126. The van der Waals surface area contributed by atoms with E-state index in [2.05, 4.69) is 33.3 Å². The molecule has 5 nitrogen and oxygen atoms in total. The summed E-state index contributed by atoms with van der Waals surface area (Å²) in [5, 5.41) is 3.09. The molecule has 0 unspecified atom stereocenters. The zero-order valence-electron chi connectivity index (χ0n) is 16.8. The fourth-order valence-corrected chi connectivity index (χ4v) is 5.09. The van der Waals surface area contributed by atoms with Crippen LogP contribution in [0.5, 0.6) is 0 Å². The smallest absolute Gasteiger partial charge is 0.223 e. The Morgan fingerprint density at radius 2 is 2.00 bits per heavy atom. The van der Waals surface area contributed by atoms with Crippen molar-refractivity contribution in [1.82, 2.24) is 20.1 Å². The van der Waals surface area contributed by atoms with Crippen LogP contribution in [0.3, 0.4) is 0 Å². The Kier molecular flexibility index (Phi) is 7.97. The van der Waals surface area contributed by atoms with Gasteiger partial charge >= 0.3 is 0 Å². The normalized spacial score (nSPS) is 21.9. The second-order valence-electron chi connectivity index (χ2n) is 7.96. The molecule has 0 saturated carbocycles. The van der Waals surface area contributed by atoms with E-state index in [0.29, 0.717) is 18.6 Å². The van der Waals surface area contributed by atoms with Gasteiger partial charge < -0.3 is 10.2 Å². The summed E-state index contributed by atoms with van der Waals surface area (Å²) in [5.74, 6) is 1.60. The zero-order valence-corrected chi connectivity index (χ0v) is 17.6. The average molecular weight is 391 g/mol. The van der Waals surface area contributed by atoms with Crippen molar-refractivity contribution in [2.75, 3.05) is 38.2 Å². The van der Waals surface area contributed by atoms with Gasteiger partial charge in [-0.25, -0.2) is 0 Å². The lowest BCUT2D eigenvalue weighted by Gasteiger charge is -2.43. The number of thioether (sulfide) groups is 1. The molecule has 1 N–H and O–H groups in total. The molecule has 2 aliphatic heterocycles. The van der Waals surface area contributed by atoms with Crippen LogP contribution in [-0.2, 0) is 11.3 Å². The second kappa shape index (κ2) is 10.4. The number of amides is 1. The monoisotopic (exact) mass is 390 g/mol. The Labute approximate surface area is 168 Å². The molecule has 3 heterocycles. The molecule has 0 aliphatic carbocycles. The van der Waals surface area contributed by atoms with E-state index in [-0.39, 0.29) is 11.8 Å². The molecule has 0 spiro atoms. The van der Waals surface area contributed by atoms with Crippen molar-refractivity contribution in [1.29, 1.82) is 0 Å². The minimum absolute atomic E-state index is 0.166. The number of carbonyl (C=O) groups excluding carboxylic acids is 1. The third-order valence-electron chi connectivity index (χ3n) is 6.14. The molecule has 1 aromatic heterocycles. The van der Waals surface area contributed by atoms with Gasteiger partial charge in [0.25, 0.3) is 0 Å². The number of nitrogens with zero attached hydrogens (tertiary/aromatic N) is 3. The molecule has 1 atom stereocenters. The summed E-state index contributed by atoms with van der Waals surface area (Å²) >= 11 is 1.94. The van der Waals surface area contributed by atoms with Gasteiger partial charge in [0.05, 0.1) is 0 Å². The molecule has 150 valence electrons. The molecular formula is C21H34N4OS. The summed E-state index contributed by atoms with van der Waals surface area (Å²) in [6, 6.07) is 5.31. The van der Waals surface area contributed by atoms with Crippen molar-refractivity contribution in [3.8, 4) is 0 Å². The van der Waals surface area contributed by atoms with E-state index in [4.69, 9.17) is 0 Å². The SMILES string of the molecule is CSC[C@@H](C)N1CCC(N2CCC(C(=O)NCc3cccnc3)CC2)CC1. The highest BCUT2D eigenvalue weighted by atomic mass is 32.2. The maximum atomic E-state index is 12.5. The molecule has 6 heteroatoms. The van der Waals surface area contributed by atoms with Crippen molar-refractivity contribution in [2.24, 2.45) is 5.92 Å². The first-order chi connectivity index (χ1) is 13.2.